The van der Waals surface area contributed by atoms with E-state index < -0.39 is 4.92 Å². The number of isocyanates is 1. The second-order valence-corrected chi connectivity index (χ2v) is 8.45. The molecule has 0 unspecified atom stereocenters. The van der Waals surface area contributed by atoms with Crippen LogP contribution in [0.25, 0.3) is 0 Å². The maximum Gasteiger partial charge on any atom is 0.269 e. The summed E-state index contributed by atoms with van der Waals surface area (Å²) in [4.78, 5) is 39.0. The van der Waals surface area contributed by atoms with E-state index in [1.807, 2.05) is 13.8 Å². The van der Waals surface area contributed by atoms with E-state index in [1.54, 1.807) is 30.0 Å². The third-order valence-electron chi connectivity index (χ3n) is 4.47. The quantitative estimate of drug-likeness (QED) is 0.368. The van der Waals surface area contributed by atoms with Crippen molar-refractivity contribution in [3.05, 3.63) is 39.9 Å². The lowest BCUT2D eigenvalue weighted by Gasteiger charge is -2.44. The first-order valence-electron chi connectivity index (χ1n) is 7.85. The van der Waals surface area contributed by atoms with Gasteiger partial charge in [-0.25, -0.2) is 4.79 Å². The SMILES string of the molecule is CC1(C)S[C@H]2[C@@H](NC(=O)Cc3ccc([N+](=O)[O-])cc3)CN2[C@H]1N=C=O. The number of carbonyl (C=O) groups is 1. The average Bonchev–Trinajstić information content (AvgIpc) is 2.74. The van der Waals surface area contributed by atoms with Crippen LogP contribution < -0.4 is 5.32 Å². The normalized spacial score (nSPS) is 26.9. The Kier molecular flexibility index (Phi) is 4.64. The third-order valence-corrected chi connectivity index (χ3v) is 6.13. The van der Waals surface area contributed by atoms with Crippen molar-refractivity contribution in [2.75, 3.05) is 6.54 Å². The van der Waals surface area contributed by atoms with E-state index in [-0.39, 0.29) is 40.3 Å². The van der Waals surface area contributed by atoms with Crippen LogP contribution in [0.2, 0.25) is 0 Å². The molecule has 0 aliphatic carbocycles. The Labute approximate surface area is 148 Å². The van der Waals surface area contributed by atoms with E-state index in [9.17, 15) is 19.7 Å². The number of nitrogens with zero attached hydrogens (tertiary/aromatic N) is 3. The van der Waals surface area contributed by atoms with Crippen LogP contribution in [0.15, 0.2) is 29.3 Å². The van der Waals surface area contributed by atoms with Gasteiger partial charge in [0.15, 0.2) is 0 Å². The highest BCUT2D eigenvalue weighted by molar-refractivity contribution is 8.01. The number of fused-ring (bicyclic) bond motifs is 1. The molecule has 1 N–H and O–H groups in total. The van der Waals surface area contributed by atoms with E-state index in [0.29, 0.717) is 6.54 Å². The van der Waals surface area contributed by atoms with Crippen LogP contribution in [0.4, 0.5) is 5.69 Å². The number of non-ortho nitro benzene ring substituents is 1. The van der Waals surface area contributed by atoms with E-state index in [1.165, 1.54) is 12.1 Å². The zero-order valence-corrected chi connectivity index (χ0v) is 14.7. The van der Waals surface area contributed by atoms with Crippen molar-refractivity contribution in [3.8, 4) is 0 Å². The largest absolute Gasteiger partial charge is 0.349 e. The van der Waals surface area contributed by atoms with E-state index in [4.69, 9.17) is 0 Å². The lowest BCUT2D eigenvalue weighted by Crippen LogP contribution is -2.65. The number of benzene rings is 1. The third kappa shape index (κ3) is 3.44. The maximum atomic E-state index is 12.2. The van der Waals surface area contributed by atoms with Crippen molar-refractivity contribution >= 4 is 29.4 Å². The molecule has 8 nitrogen and oxygen atoms in total. The molecule has 9 heteroatoms. The first kappa shape index (κ1) is 17.6. The summed E-state index contributed by atoms with van der Waals surface area (Å²) in [5.74, 6) is -0.126. The summed E-state index contributed by atoms with van der Waals surface area (Å²) in [6, 6.07) is 5.97. The maximum absolute atomic E-state index is 12.2. The van der Waals surface area contributed by atoms with Crippen molar-refractivity contribution < 1.29 is 14.5 Å². The van der Waals surface area contributed by atoms with Gasteiger partial charge in [-0.2, -0.15) is 4.99 Å². The fourth-order valence-corrected chi connectivity index (χ4v) is 4.84. The number of aliphatic imine (C=N–C) groups is 1. The van der Waals surface area contributed by atoms with Crippen LogP contribution in [0.3, 0.4) is 0 Å². The zero-order chi connectivity index (χ0) is 18.2. The number of thioether (sulfide) groups is 1. The number of nitrogens with one attached hydrogen (secondary N) is 1. The number of nitro benzene ring substituents is 1. The summed E-state index contributed by atoms with van der Waals surface area (Å²) in [6.45, 7) is 4.69. The van der Waals surface area contributed by atoms with Gasteiger partial charge in [-0.15, -0.1) is 11.8 Å². The second kappa shape index (κ2) is 6.59. The van der Waals surface area contributed by atoms with E-state index in [2.05, 4.69) is 15.2 Å². The summed E-state index contributed by atoms with van der Waals surface area (Å²) in [7, 11) is 0. The molecule has 2 fully saturated rings. The molecule has 0 bridgehead atoms. The second-order valence-electron chi connectivity index (χ2n) is 6.68. The first-order chi connectivity index (χ1) is 11.8. The lowest BCUT2D eigenvalue weighted by molar-refractivity contribution is -0.384. The molecule has 3 rings (SSSR count). The highest BCUT2D eigenvalue weighted by Gasteiger charge is 2.56. The molecule has 1 amide bonds. The fraction of sp³-hybridized carbons (Fsp3) is 0.500. The molecule has 3 atom stereocenters. The molecule has 0 spiro atoms. The number of rotatable bonds is 5. The van der Waals surface area contributed by atoms with Crippen LogP contribution in [0.1, 0.15) is 19.4 Å². The molecule has 1 aromatic rings. The Balaban J connectivity index is 1.57. The highest BCUT2D eigenvalue weighted by atomic mass is 32.2. The van der Waals surface area contributed by atoms with Crippen molar-refractivity contribution in [2.24, 2.45) is 4.99 Å². The Morgan fingerprint density at radius 1 is 1.48 bits per heavy atom. The van der Waals surface area contributed by atoms with Gasteiger partial charge in [-0.3, -0.25) is 19.8 Å². The Hall–Kier alpha value is -2.22. The van der Waals surface area contributed by atoms with Gasteiger partial charge in [0, 0.05) is 23.4 Å². The predicted molar refractivity (Wildman–Crippen MR) is 92.8 cm³/mol. The van der Waals surface area contributed by atoms with E-state index in [0.717, 1.165) is 5.56 Å². The van der Waals surface area contributed by atoms with Gasteiger partial charge >= 0.3 is 0 Å². The number of hydrogen-bond donors (Lipinski definition) is 1. The van der Waals surface area contributed by atoms with Crippen molar-refractivity contribution in [2.45, 2.75) is 42.6 Å². The molecule has 2 heterocycles. The smallest absolute Gasteiger partial charge is 0.269 e. The molecule has 2 aliphatic heterocycles. The number of nitro groups is 1. The van der Waals surface area contributed by atoms with Gasteiger partial charge in [0.2, 0.25) is 12.0 Å². The summed E-state index contributed by atoms with van der Waals surface area (Å²) in [6.07, 6.45) is 1.59. The molecule has 0 saturated carbocycles. The summed E-state index contributed by atoms with van der Waals surface area (Å²) in [5.41, 5.74) is 0.729. The van der Waals surface area contributed by atoms with Gasteiger partial charge in [-0.05, 0) is 19.4 Å². The number of amides is 1. The van der Waals surface area contributed by atoms with Crippen molar-refractivity contribution in [1.29, 1.82) is 0 Å². The molecule has 2 aliphatic rings. The molecule has 132 valence electrons. The zero-order valence-electron chi connectivity index (χ0n) is 13.8. The van der Waals surface area contributed by atoms with Crippen LogP contribution in [0, 0.1) is 10.1 Å². The highest BCUT2D eigenvalue weighted by Crippen LogP contribution is 2.50. The molecule has 0 radical (unpaired) electrons. The van der Waals surface area contributed by atoms with Gasteiger partial charge in [0.1, 0.15) is 6.17 Å². The van der Waals surface area contributed by atoms with Crippen LogP contribution in [-0.2, 0) is 16.0 Å². The predicted octanol–water partition coefficient (Wildman–Crippen LogP) is 1.45. The fourth-order valence-electron chi connectivity index (χ4n) is 3.25. The summed E-state index contributed by atoms with van der Waals surface area (Å²) in [5, 5.41) is 13.7. The topological polar surface area (TPSA) is 105 Å². The molecule has 0 aromatic heterocycles. The lowest BCUT2D eigenvalue weighted by atomic mass is 10.0. The minimum Gasteiger partial charge on any atom is -0.349 e. The molecular weight excluding hydrogens is 344 g/mol. The average molecular weight is 362 g/mol. The van der Waals surface area contributed by atoms with Crippen LogP contribution in [0.5, 0.6) is 0 Å². The van der Waals surface area contributed by atoms with Gasteiger partial charge in [0.25, 0.3) is 5.69 Å². The minimum atomic E-state index is -0.468. The van der Waals surface area contributed by atoms with Gasteiger partial charge < -0.3 is 5.32 Å². The monoisotopic (exact) mass is 362 g/mol. The molecular formula is C16H18N4O4S. The molecule has 2 saturated heterocycles. The first-order valence-corrected chi connectivity index (χ1v) is 8.73. The molecule has 1 aromatic carbocycles. The Morgan fingerprint density at radius 2 is 2.16 bits per heavy atom. The summed E-state index contributed by atoms with van der Waals surface area (Å²) < 4.78 is -0.208. The van der Waals surface area contributed by atoms with Crippen molar-refractivity contribution in [3.63, 3.8) is 0 Å². The Morgan fingerprint density at radius 3 is 2.76 bits per heavy atom. The van der Waals surface area contributed by atoms with Crippen molar-refractivity contribution in [1.82, 2.24) is 10.2 Å². The van der Waals surface area contributed by atoms with Gasteiger partial charge in [0.05, 0.1) is 22.8 Å². The standard InChI is InChI=1S/C16H18N4O4S/c1-16(2)15(17-9-21)19-8-12(14(19)25-16)18-13(22)7-10-3-5-11(6-4-10)20(23)24/h3-6,12,14-15H,7-8H2,1-2H3,(H,18,22)/t12-,14-,15+/m0/s1. The molecule has 25 heavy (non-hydrogen) atoms. The number of hydrogen-bond acceptors (Lipinski definition) is 7. The minimum absolute atomic E-state index is 0.00155. The van der Waals surface area contributed by atoms with E-state index >= 15 is 0 Å². The van der Waals surface area contributed by atoms with Crippen LogP contribution in [-0.4, -0.2) is 50.7 Å². The van der Waals surface area contributed by atoms with Crippen LogP contribution >= 0.6 is 11.8 Å². The Bertz CT molecular complexity index is 745. The number of carbonyl (C=O) groups excluding carboxylic acids is 2. The summed E-state index contributed by atoms with van der Waals surface area (Å²) >= 11 is 1.69. The van der Waals surface area contributed by atoms with Gasteiger partial charge in [-0.1, -0.05) is 12.1 Å².